The Bertz CT molecular complexity index is 1260. The molecule has 0 fully saturated rings. The van der Waals surface area contributed by atoms with Crippen LogP contribution in [0, 0.1) is 0 Å². The highest BCUT2D eigenvalue weighted by atomic mass is 35.5. The maximum Gasteiger partial charge on any atom is 0.298 e. The Morgan fingerprint density at radius 3 is 2.38 bits per heavy atom. The van der Waals surface area contributed by atoms with Crippen molar-refractivity contribution in [3.8, 4) is 34.2 Å². The maximum absolute atomic E-state index is 13.1. The molecule has 4 rings (SSSR count). The Hall–Kier alpha value is -3.45. The summed E-state index contributed by atoms with van der Waals surface area (Å²) in [6.45, 7) is 0. The summed E-state index contributed by atoms with van der Waals surface area (Å²) in [5.41, 5.74) is 1.95. The number of nitrogens with zero attached hydrogens (tertiary/aromatic N) is 3. The molecular weight excluding hydrogens is 394 g/mol. The third-order valence-corrected chi connectivity index (χ3v) is 4.91. The van der Waals surface area contributed by atoms with Gasteiger partial charge in [0.15, 0.2) is 0 Å². The average molecular weight is 412 g/mol. The van der Waals surface area contributed by atoms with Gasteiger partial charge in [0.05, 0.1) is 37.7 Å². The lowest BCUT2D eigenvalue weighted by Gasteiger charge is -2.08. The van der Waals surface area contributed by atoms with Crippen LogP contribution in [0.1, 0.15) is 0 Å². The van der Waals surface area contributed by atoms with Gasteiger partial charge in [-0.2, -0.15) is 0 Å². The van der Waals surface area contributed by atoms with Crippen LogP contribution in [0.5, 0.6) is 17.2 Å². The van der Waals surface area contributed by atoms with Crippen molar-refractivity contribution in [2.45, 2.75) is 0 Å². The predicted molar refractivity (Wildman–Crippen MR) is 111 cm³/mol. The molecule has 0 saturated carbocycles. The Morgan fingerprint density at radius 2 is 1.69 bits per heavy atom. The van der Waals surface area contributed by atoms with Gasteiger partial charge in [-0.15, -0.1) is 0 Å². The molecule has 0 N–H and O–H groups in total. The lowest BCUT2D eigenvalue weighted by molar-refractivity contribution is 0.404. The highest BCUT2D eigenvalue weighted by Gasteiger charge is 2.15. The lowest BCUT2D eigenvalue weighted by Crippen LogP contribution is -2.19. The largest absolute Gasteiger partial charge is 0.497 e. The molecule has 2 aromatic heterocycles. The summed E-state index contributed by atoms with van der Waals surface area (Å²) in [5.74, 6) is 1.84. The van der Waals surface area contributed by atoms with Crippen LogP contribution >= 0.6 is 11.6 Å². The second kappa shape index (κ2) is 7.52. The molecule has 0 unspecified atom stereocenters. The molecule has 0 saturated heterocycles. The molecule has 0 aliphatic rings. The fourth-order valence-corrected chi connectivity index (χ4v) is 3.38. The standard InChI is InChI=1S/C21H18ClN3O4/c1-27-14-5-7-18(28-2)15(11-14)17-12-24-8-9-25(21(26)20(24)23-17)13-4-6-19(29-3)16(22)10-13/h4-12H,1-3H3. The fourth-order valence-electron chi connectivity index (χ4n) is 3.13. The van der Waals surface area contributed by atoms with Gasteiger partial charge in [0.25, 0.3) is 5.56 Å². The molecule has 2 heterocycles. The third-order valence-electron chi connectivity index (χ3n) is 4.61. The number of rotatable bonds is 5. The molecule has 2 aromatic carbocycles. The van der Waals surface area contributed by atoms with E-state index in [1.807, 2.05) is 6.07 Å². The van der Waals surface area contributed by atoms with Crippen molar-refractivity contribution in [2.75, 3.05) is 21.3 Å². The van der Waals surface area contributed by atoms with Crippen LogP contribution < -0.4 is 19.8 Å². The second-order valence-corrected chi connectivity index (χ2v) is 6.62. The SMILES string of the molecule is COc1ccc(OC)c(-c2cn3ccn(-c4ccc(OC)c(Cl)c4)c(=O)c3n2)c1. The Balaban J connectivity index is 1.86. The molecule has 0 aliphatic heterocycles. The van der Waals surface area contributed by atoms with E-state index >= 15 is 0 Å². The van der Waals surface area contributed by atoms with Crippen molar-refractivity contribution >= 4 is 17.2 Å². The van der Waals surface area contributed by atoms with E-state index in [1.165, 1.54) is 11.7 Å². The van der Waals surface area contributed by atoms with E-state index in [2.05, 4.69) is 4.98 Å². The van der Waals surface area contributed by atoms with Crippen molar-refractivity contribution in [3.05, 3.63) is 70.4 Å². The van der Waals surface area contributed by atoms with Crippen LogP contribution in [-0.4, -0.2) is 35.3 Å². The number of imidazole rings is 1. The van der Waals surface area contributed by atoms with Crippen LogP contribution in [0.15, 0.2) is 59.8 Å². The smallest absolute Gasteiger partial charge is 0.298 e. The zero-order valence-electron chi connectivity index (χ0n) is 16.0. The number of hydrogen-bond acceptors (Lipinski definition) is 5. The van der Waals surface area contributed by atoms with Crippen molar-refractivity contribution in [1.29, 1.82) is 0 Å². The quantitative estimate of drug-likeness (QED) is 0.499. The average Bonchev–Trinajstić information content (AvgIpc) is 3.18. The number of fused-ring (bicyclic) bond motifs is 1. The Labute approximate surface area is 171 Å². The number of halogens is 1. The summed E-state index contributed by atoms with van der Waals surface area (Å²) in [5, 5.41) is 0.418. The van der Waals surface area contributed by atoms with Gasteiger partial charge in [-0.05, 0) is 36.4 Å². The van der Waals surface area contributed by atoms with E-state index in [4.69, 9.17) is 25.8 Å². The van der Waals surface area contributed by atoms with E-state index in [1.54, 1.807) is 67.5 Å². The summed E-state index contributed by atoms with van der Waals surface area (Å²) >= 11 is 6.21. The first-order chi connectivity index (χ1) is 14.0. The Morgan fingerprint density at radius 1 is 0.931 bits per heavy atom. The first-order valence-corrected chi connectivity index (χ1v) is 9.10. The minimum atomic E-state index is -0.276. The molecule has 0 amide bonds. The van der Waals surface area contributed by atoms with E-state index in [0.29, 0.717) is 33.7 Å². The Kier molecular flexibility index (Phi) is 4.90. The number of benzene rings is 2. The summed E-state index contributed by atoms with van der Waals surface area (Å²) in [4.78, 5) is 17.6. The molecule has 0 bridgehead atoms. The summed E-state index contributed by atoms with van der Waals surface area (Å²) in [6.07, 6.45) is 5.21. The normalized spacial score (nSPS) is 10.9. The first-order valence-electron chi connectivity index (χ1n) is 8.72. The van der Waals surface area contributed by atoms with Crippen LogP contribution in [0.25, 0.3) is 22.6 Å². The van der Waals surface area contributed by atoms with Gasteiger partial charge >= 0.3 is 0 Å². The summed E-state index contributed by atoms with van der Waals surface area (Å²) in [6, 6.07) is 10.6. The number of hydrogen-bond donors (Lipinski definition) is 0. The van der Waals surface area contributed by atoms with Crippen molar-refractivity contribution in [2.24, 2.45) is 0 Å². The van der Waals surface area contributed by atoms with Crippen LogP contribution in [0.2, 0.25) is 5.02 Å². The zero-order valence-corrected chi connectivity index (χ0v) is 16.8. The van der Waals surface area contributed by atoms with Gasteiger partial charge in [0.2, 0.25) is 5.65 Å². The van der Waals surface area contributed by atoms with Crippen LogP contribution in [0.4, 0.5) is 0 Å². The van der Waals surface area contributed by atoms with Crippen LogP contribution in [0.3, 0.4) is 0 Å². The van der Waals surface area contributed by atoms with Crippen LogP contribution in [-0.2, 0) is 0 Å². The molecule has 7 nitrogen and oxygen atoms in total. The van der Waals surface area contributed by atoms with Gasteiger partial charge < -0.3 is 18.6 Å². The van der Waals surface area contributed by atoms with Crippen molar-refractivity contribution in [1.82, 2.24) is 14.0 Å². The molecule has 8 heteroatoms. The van der Waals surface area contributed by atoms with E-state index in [0.717, 1.165) is 5.56 Å². The first kappa shape index (κ1) is 18.9. The van der Waals surface area contributed by atoms with Gasteiger partial charge in [-0.1, -0.05) is 11.6 Å². The maximum atomic E-state index is 13.1. The van der Waals surface area contributed by atoms with Gasteiger partial charge in [0.1, 0.15) is 17.2 Å². The van der Waals surface area contributed by atoms with E-state index in [-0.39, 0.29) is 11.2 Å². The topological polar surface area (TPSA) is 67.0 Å². The van der Waals surface area contributed by atoms with Crippen molar-refractivity contribution in [3.63, 3.8) is 0 Å². The molecule has 0 spiro atoms. The fraction of sp³-hybridized carbons (Fsp3) is 0.143. The third kappa shape index (κ3) is 3.30. The van der Waals surface area contributed by atoms with E-state index in [9.17, 15) is 4.79 Å². The monoisotopic (exact) mass is 411 g/mol. The highest BCUT2D eigenvalue weighted by molar-refractivity contribution is 6.32. The summed E-state index contributed by atoms with van der Waals surface area (Å²) < 4.78 is 19.1. The summed E-state index contributed by atoms with van der Waals surface area (Å²) in [7, 11) is 4.72. The predicted octanol–water partition coefficient (Wildman–Crippen LogP) is 3.83. The minimum Gasteiger partial charge on any atom is -0.497 e. The molecule has 0 aliphatic carbocycles. The van der Waals surface area contributed by atoms with Gasteiger partial charge in [0, 0.05) is 24.2 Å². The second-order valence-electron chi connectivity index (χ2n) is 6.22. The molecule has 0 atom stereocenters. The number of ether oxygens (including phenoxy) is 3. The molecule has 0 radical (unpaired) electrons. The van der Waals surface area contributed by atoms with Gasteiger partial charge in [-0.3, -0.25) is 9.36 Å². The zero-order chi connectivity index (χ0) is 20.5. The molecule has 148 valence electrons. The highest BCUT2D eigenvalue weighted by Crippen LogP contribution is 2.32. The molecular formula is C21H18ClN3O4. The number of aromatic nitrogens is 3. The van der Waals surface area contributed by atoms with E-state index < -0.39 is 0 Å². The molecule has 29 heavy (non-hydrogen) atoms. The number of methoxy groups -OCH3 is 3. The lowest BCUT2D eigenvalue weighted by atomic mass is 10.1. The van der Waals surface area contributed by atoms with Crippen molar-refractivity contribution < 1.29 is 14.2 Å². The molecule has 4 aromatic rings. The van der Waals surface area contributed by atoms with Gasteiger partial charge in [-0.25, -0.2) is 4.98 Å². The minimum absolute atomic E-state index is 0.276.